The molecule has 0 unspecified atom stereocenters. The molecule has 0 spiro atoms. The number of halogens is 2. The normalized spacial score (nSPS) is 18.9. The zero-order chi connectivity index (χ0) is 21.0. The molecule has 1 N–H and O–H groups in total. The van der Waals surface area contributed by atoms with E-state index in [1.54, 1.807) is 26.9 Å². The molecule has 0 amide bonds. The highest BCUT2D eigenvalue weighted by molar-refractivity contribution is 7.90. The largest absolute Gasteiger partial charge is 0.320 e. The van der Waals surface area contributed by atoms with Crippen molar-refractivity contribution in [1.29, 1.82) is 0 Å². The van der Waals surface area contributed by atoms with Crippen LogP contribution in [0.1, 0.15) is 31.7 Å². The fourth-order valence-corrected chi connectivity index (χ4v) is 6.06. The van der Waals surface area contributed by atoms with Gasteiger partial charge in [0.2, 0.25) is 16.0 Å². The molecule has 1 aliphatic heterocycles. The third-order valence-electron chi connectivity index (χ3n) is 5.57. The molecule has 3 aromatic heterocycles. The van der Waals surface area contributed by atoms with Crippen molar-refractivity contribution >= 4 is 55.9 Å². The highest BCUT2D eigenvalue weighted by Gasteiger charge is 2.41. The molecule has 0 radical (unpaired) electrons. The van der Waals surface area contributed by atoms with E-state index in [1.807, 2.05) is 6.20 Å². The second kappa shape index (κ2) is 7.33. The van der Waals surface area contributed by atoms with Gasteiger partial charge in [0, 0.05) is 26.3 Å². The van der Waals surface area contributed by atoms with Gasteiger partial charge in [0.05, 0.1) is 28.6 Å². The van der Waals surface area contributed by atoms with Gasteiger partial charge in [0.15, 0.2) is 16.0 Å². The number of aryl methyl sites for hydroxylation is 1. The molecule has 0 bridgehead atoms. The van der Waals surface area contributed by atoms with Gasteiger partial charge < -0.3 is 5.32 Å². The molecule has 13 heteroatoms. The van der Waals surface area contributed by atoms with E-state index in [0.717, 1.165) is 12.8 Å². The maximum absolute atomic E-state index is 12.4. The van der Waals surface area contributed by atoms with Crippen molar-refractivity contribution in [2.75, 3.05) is 18.4 Å². The Labute approximate surface area is 183 Å². The summed E-state index contributed by atoms with van der Waals surface area (Å²) in [7, 11) is -1.37. The Morgan fingerprint density at radius 3 is 2.53 bits per heavy atom. The first-order valence-electron chi connectivity index (χ1n) is 9.69. The van der Waals surface area contributed by atoms with E-state index in [-0.39, 0.29) is 11.3 Å². The number of hydrogen-bond acceptors (Lipinski definition) is 7. The monoisotopic (exact) mass is 470 g/mol. The minimum atomic E-state index is -3.13. The molecule has 3 aromatic rings. The number of anilines is 2. The van der Waals surface area contributed by atoms with Crippen LogP contribution in [0.4, 0.5) is 11.6 Å². The van der Waals surface area contributed by atoms with E-state index < -0.39 is 10.0 Å². The van der Waals surface area contributed by atoms with Crippen LogP contribution in [0.2, 0.25) is 10.3 Å². The molecule has 2 fully saturated rings. The molecule has 5 rings (SSSR count). The van der Waals surface area contributed by atoms with E-state index in [0.29, 0.717) is 58.9 Å². The molecular weight excluding hydrogens is 451 g/mol. The lowest BCUT2D eigenvalue weighted by Gasteiger charge is -2.31. The second-order valence-electron chi connectivity index (χ2n) is 7.66. The highest BCUT2D eigenvalue weighted by Crippen LogP contribution is 2.35. The fourth-order valence-electron chi connectivity index (χ4n) is 3.76. The summed E-state index contributed by atoms with van der Waals surface area (Å²) in [6.45, 7) is 1.01. The van der Waals surface area contributed by atoms with Crippen LogP contribution < -0.4 is 5.32 Å². The lowest BCUT2D eigenvalue weighted by Crippen LogP contribution is -2.40. The molecule has 1 saturated carbocycles. The van der Waals surface area contributed by atoms with Crippen molar-refractivity contribution in [3.8, 4) is 0 Å². The van der Waals surface area contributed by atoms with Crippen molar-refractivity contribution in [2.45, 2.75) is 37.0 Å². The van der Waals surface area contributed by atoms with E-state index in [9.17, 15) is 8.42 Å². The SMILES string of the molecule is Cn1nc(Cl)c2cnc(Nc3cn(C4CCN(S(=O)(=O)C5CC5)CC4)nc3Cl)nc21. The van der Waals surface area contributed by atoms with E-state index in [1.165, 1.54) is 0 Å². The first-order valence-corrected chi connectivity index (χ1v) is 11.9. The predicted octanol–water partition coefficient (Wildman–Crippen LogP) is 2.74. The minimum absolute atomic E-state index is 0.0861. The Balaban J connectivity index is 1.30. The smallest absolute Gasteiger partial charge is 0.229 e. The summed E-state index contributed by atoms with van der Waals surface area (Å²) >= 11 is 12.4. The zero-order valence-electron chi connectivity index (χ0n) is 16.2. The highest BCUT2D eigenvalue weighted by atomic mass is 35.5. The lowest BCUT2D eigenvalue weighted by molar-refractivity contribution is 0.261. The van der Waals surface area contributed by atoms with Gasteiger partial charge in [-0.05, 0) is 25.7 Å². The van der Waals surface area contributed by atoms with E-state index in [2.05, 4.69) is 25.5 Å². The van der Waals surface area contributed by atoms with Crippen molar-refractivity contribution < 1.29 is 8.42 Å². The Hall–Kier alpha value is -1.95. The lowest BCUT2D eigenvalue weighted by atomic mass is 10.1. The molecule has 1 saturated heterocycles. The molecule has 10 nitrogen and oxygen atoms in total. The Bertz CT molecular complexity index is 1210. The molecule has 0 atom stereocenters. The number of aromatic nitrogens is 6. The van der Waals surface area contributed by atoms with Gasteiger partial charge >= 0.3 is 0 Å². The van der Waals surface area contributed by atoms with Crippen molar-refractivity contribution in [1.82, 2.24) is 33.8 Å². The van der Waals surface area contributed by atoms with Crippen molar-refractivity contribution in [2.24, 2.45) is 7.05 Å². The Morgan fingerprint density at radius 1 is 1.10 bits per heavy atom. The predicted molar refractivity (Wildman–Crippen MR) is 114 cm³/mol. The van der Waals surface area contributed by atoms with Gasteiger partial charge in [-0.3, -0.25) is 4.68 Å². The summed E-state index contributed by atoms with van der Waals surface area (Å²) in [4.78, 5) is 8.71. The summed E-state index contributed by atoms with van der Waals surface area (Å²) in [5, 5.41) is 12.8. The zero-order valence-corrected chi connectivity index (χ0v) is 18.5. The van der Waals surface area contributed by atoms with Gasteiger partial charge in [-0.15, -0.1) is 0 Å². The number of fused-ring (bicyclic) bond motifs is 1. The number of nitrogens with one attached hydrogen (secondary N) is 1. The van der Waals surface area contributed by atoms with Crippen LogP contribution in [0.3, 0.4) is 0 Å². The van der Waals surface area contributed by atoms with E-state index >= 15 is 0 Å². The summed E-state index contributed by atoms with van der Waals surface area (Å²) in [6.07, 6.45) is 6.37. The first-order chi connectivity index (χ1) is 14.3. The van der Waals surface area contributed by atoms with Crippen molar-refractivity contribution in [3.05, 3.63) is 22.7 Å². The van der Waals surface area contributed by atoms with Gasteiger partial charge in [-0.1, -0.05) is 23.2 Å². The van der Waals surface area contributed by atoms with Gasteiger partial charge in [0.1, 0.15) is 0 Å². The minimum Gasteiger partial charge on any atom is -0.320 e. The standard InChI is InChI=1S/C17H20Cl2N8O2S/c1-25-16-12(14(18)23-25)8-20-17(22-16)21-13-9-27(24-15(13)19)10-4-6-26(7-5-10)30(28,29)11-2-3-11/h8-11H,2-7H2,1H3,(H,20,21,22). The van der Waals surface area contributed by atoms with Crippen molar-refractivity contribution in [3.63, 3.8) is 0 Å². The molecule has 1 aliphatic carbocycles. The van der Waals surface area contributed by atoms with E-state index in [4.69, 9.17) is 23.2 Å². The number of hydrogen-bond donors (Lipinski definition) is 1. The number of piperidine rings is 1. The van der Waals surface area contributed by atoms with Gasteiger partial charge in [-0.2, -0.15) is 15.2 Å². The summed E-state index contributed by atoms with van der Waals surface area (Å²) in [5.74, 6) is 0.356. The molecule has 30 heavy (non-hydrogen) atoms. The van der Waals surface area contributed by atoms with Crippen LogP contribution in [0, 0.1) is 0 Å². The molecule has 160 valence electrons. The van der Waals surface area contributed by atoms with Gasteiger partial charge in [0.25, 0.3) is 0 Å². The van der Waals surface area contributed by atoms with Crippen LogP contribution in [-0.2, 0) is 17.1 Å². The van der Waals surface area contributed by atoms with Crippen LogP contribution in [-0.4, -0.2) is 60.6 Å². The first kappa shape index (κ1) is 20.0. The molecular formula is C17H20Cl2N8O2S. The van der Waals surface area contributed by atoms with Crippen LogP contribution in [0.5, 0.6) is 0 Å². The summed E-state index contributed by atoms with van der Waals surface area (Å²) < 4.78 is 29.8. The molecule has 4 heterocycles. The average Bonchev–Trinajstić information content (AvgIpc) is 3.48. The van der Waals surface area contributed by atoms with Crippen LogP contribution in [0.15, 0.2) is 12.4 Å². The fraction of sp³-hybridized carbons (Fsp3) is 0.529. The van der Waals surface area contributed by atoms with Crippen LogP contribution in [0.25, 0.3) is 11.0 Å². The second-order valence-corrected chi connectivity index (χ2v) is 10.6. The number of rotatable bonds is 5. The van der Waals surface area contributed by atoms with Gasteiger partial charge in [-0.25, -0.2) is 22.4 Å². The third kappa shape index (κ3) is 3.53. The van der Waals surface area contributed by atoms with Crippen LogP contribution >= 0.6 is 23.2 Å². The topological polar surface area (TPSA) is 111 Å². The molecule has 2 aliphatic rings. The quantitative estimate of drug-likeness (QED) is 0.609. The third-order valence-corrected chi connectivity index (χ3v) is 8.53. The number of nitrogens with zero attached hydrogens (tertiary/aromatic N) is 7. The molecule has 0 aromatic carbocycles. The number of sulfonamides is 1. The Morgan fingerprint density at radius 2 is 1.83 bits per heavy atom. The average molecular weight is 471 g/mol. The summed E-state index contributed by atoms with van der Waals surface area (Å²) in [6, 6.07) is 0.0861. The Kier molecular flexibility index (Phi) is 4.88. The maximum atomic E-state index is 12.4. The summed E-state index contributed by atoms with van der Waals surface area (Å²) in [5.41, 5.74) is 1.18. The maximum Gasteiger partial charge on any atom is 0.229 e.